The molecule has 0 unspecified atom stereocenters. The topological polar surface area (TPSA) is 31.4 Å². The third-order valence-corrected chi connectivity index (χ3v) is 2.56. The monoisotopic (exact) mass is 303 g/mol. The normalized spacial score (nSPS) is 11.2. The Morgan fingerprint density at radius 1 is 1.10 bits per heavy atom. The van der Waals surface area contributed by atoms with Crippen molar-refractivity contribution in [2.24, 2.45) is 0 Å². The van der Waals surface area contributed by atoms with Gasteiger partial charge in [0.25, 0.3) is 0 Å². The summed E-state index contributed by atoms with van der Waals surface area (Å²) in [5.74, 6) is 0.456. The van der Waals surface area contributed by atoms with Gasteiger partial charge in [-0.1, -0.05) is 17.7 Å². The van der Waals surface area contributed by atoms with Gasteiger partial charge in [-0.25, -0.2) is 4.98 Å². The van der Waals surface area contributed by atoms with Crippen molar-refractivity contribution < 1.29 is 22.6 Å². The van der Waals surface area contributed by atoms with Gasteiger partial charge in [0.05, 0.1) is 12.7 Å². The molecule has 0 saturated carbocycles. The molecule has 1 aromatic carbocycles. The summed E-state index contributed by atoms with van der Waals surface area (Å²) in [4.78, 5) is 3.85. The first-order chi connectivity index (χ1) is 9.38. The van der Waals surface area contributed by atoms with Gasteiger partial charge in [-0.2, -0.15) is 13.2 Å². The highest BCUT2D eigenvalue weighted by Crippen LogP contribution is 2.33. The van der Waals surface area contributed by atoms with E-state index < -0.39 is 11.7 Å². The van der Waals surface area contributed by atoms with Crippen molar-refractivity contribution in [3.05, 3.63) is 47.1 Å². The van der Waals surface area contributed by atoms with Gasteiger partial charge in [0, 0.05) is 12.1 Å². The number of rotatable bonds is 3. The summed E-state index contributed by atoms with van der Waals surface area (Å²) >= 11 is 5.75. The Labute approximate surface area is 117 Å². The summed E-state index contributed by atoms with van der Waals surface area (Å²) in [6.07, 6.45) is -4.43. The summed E-state index contributed by atoms with van der Waals surface area (Å²) in [5.41, 5.74) is -0.802. The lowest BCUT2D eigenvalue weighted by Gasteiger charge is -2.10. The predicted octanol–water partition coefficient (Wildman–Crippen LogP) is 4.55. The number of methoxy groups -OCH3 is 1. The molecule has 0 aliphatic heterocycles. The Morgan fingerprint density at radius 3 is 2.50 bits per heavy atom. The Morgan fingerprint density at radius 2 is 1.85 bits per heavy atom. The fraction of sp³-hybridized carbons (Fsp3) is 0.154. The van der Waals surface area contributed by atoms with Crippen molar-refractivity contribution >= 4 is 11.6 Å². The summed E-state index contributed by atoms with van der Waals surface area (Å²) in [7, 11) is 1.43. The van der Waals surface area contributed by atoms with E-state index in [4.69, 9.17) is 21.1 Å². The Balaban J connectivity index is 2.28. The van der Waals surface area contributed by atoms with Gasteiger partial charge < -0.3 is 9.47 Å². The van der Waals surface area contributed by atoms with Crippen LogP contribution < -0.4 is 9.47 Å². The van der Waals surface area contributed by atoms with E-state index in [-0.39, 0.29) is 16.8 Å². The average molecular weight is 304 g/mol. The number of hydrogen-bond donors (Lipinski definition) is 0. The maximum atomic E-state index is 12.6. The molecule has 20 heavy (non-hydrogen) atoms. The molecule has 1 heterocycles. The number of halogens is 4. The number of pyridine rings is 1. The van der Waals surface area contributed by atoms with Gasteiger partial charge >= 0.3 is 6.18 Å². The third-order valence-electron chi connectivity index (χ3n) is 2.36. The molecule has 1 aromatic heterocycles. The largest absolute Gasteiger partial charge is 0.496 e. The van der Waals surface area contributed by atoms with Crippen molar-refractivity contribution in [2.75, 3.05) is 7.11 Å². The van der Waals surface area contributed by atoms with E-state index in [9.17, 15) is 13.2 Å². The van der Waals surface area contributed by atoms with E-state index in [1.54, 1.807) is 0 Å². The number of nitrogens with zero attached hydrogens (tertiary/aromatic N) is 1. The van der Waals surface area contributed by atoms with Gasteiger partial charge in [0.2, 0.25) is 5.88 Å². The Hall–Kier alpha value is -1.95. The zero-order valence-corrected chi connectivity index (χ0v) is 11.0. The lowest BCUT2D eigenvalue weighted by atomic mass is 10.2. The van der Waals surface area contributed by atoms with Crippen molar-refractivity contribution in [3.8, 4) is 17.4 Å². The van der Waals surface area contributed by atoms with Crippen molar-refractivity contribution in [1.82, 2.24) is 4.98 Å². The molecule has 0 saturated heterocycles. The van der Waals surface area contributed by atoms with Crippen LogP contribution in [-0.2, 0) is 6.18 Å². The van der Waals surface area contributed by atoms with E-state index in [0.29, 0.717) is 5.75 Å². The quantitative estimate of drug-likeness (QED) is 0.779. The second kappa shape index (κ2) is 5.58. The second-order valence-corrected chi connectivity index (χ2v) is 4.18. The Kier molecular flexibility index (Phi) is 4.04. The molecule has 0 fully saturated rings. The smallest absolute Gasteiger partial charge is 0.416 e. The third kappa shape index (κ3) is 3.54. The fourth-order valence-corrected chi connectivity index (χ4v) is 1.67. The molecule has 0 amide bonds. The first-order valence-corrected chi connectivity index (χ1v) is 5.83. The summed E-state index contributed by atoms with van der Waals surface area (Å²) in [5, 5.41) is 0.117. The molecule has 0 aliphatic rings. The van der Waals surface area contributed by atoms with Crippen LogP contribution in [0.4, 0.5) is 13.2 Å². The van der Waals surface area contributed by atoms with Crippen LogP contribution in [-0.4, -0.2) is 12.1 Å². The highest BCUT2D eigenvalue weighted by molar-refractivity contribution is 6.29. The van der Waals surface area contributed by atoms with Gasteiger partial charge in [-0.3, -0.25) is 0 Å². The highest BCUT2D eigenvalue weighted by atomic mass is 35.5. The van der Waals surface area contributed by atoms with Crippen molar-refractivity contribution in [3.63, 3.8) is 0 Å². The van der Waals surface area contributed by atoms with Crippen LogP contribution in [0.2, 0.25) is 5.15 Å². The van der Waals surface area contributed by atoms with Crippen molar-refractivity contribution in [2.45, 2.75) is 6.18 Å². The highest BCUT2D eigenvalue weighted by Gasteiger charge is 2.30. The summed E-state index contributed by atoms with van der Waals surface area (Å²) < 4.78 is 48.0. The number of alkyl halides is 3. The lowest BCUT2D eigenvalue weighted by Crippen LogP contribution is -2.04. The van der Waals surface area contributed by atoms with Crippen LogP contribution in [0.5, 0.6) is 17.4 Å². The molecular weight excluding hydrogens is 295 g/mol. The number of hydrogen-bond acceptors (Lipinski definition) is 3. The van der Waals surface area contributed by atoms with Crippen molar-refractivity contribution in [1.29, 1.82) is 0 Å². The molecule has 0 N–H and O–H groups in total. The molecule has 0 aliphatic carbocycles. The zero-order chi connectivity index (χ0) is 14.8. The van der Waals surface area contributed by atoms with E-state index in [1.165, 1.54) is 31.4 Å². The molecule has 0 spiro atoms. The minimum Gasteiger partial charge on any atom is -0.496 e. The van der Waals surface area contributed by atoms with Gasteiger partial charge in [0.15, 0.2) is 0 Å². The van der Waals surface area contributed by atoms with Crippen LogP contribution in [0.1, 0.15) is 5.56 Å². The summed E-state index contributed by atoms with van der Waals surface area (Å²) in [6.45, 7) is 0. The number of aromatic nitrogens is 1. The molecule has 2 rings (SSSR count). The Bertz CT molecular complexity index is 617. The maximum Gasteiger partial charge on any atom is 0.416 e. The minimum absolute atomic E-state index is 0.0108. The molecule has 106 valence electrons. The predicted molar refractivity (Wildman–Crippen MR) is 67.3 cm³/mol. The summed E-state index contributed by atoms with van der Waals surface area (Å²) in [6, 6.07) is 7.37. The van der Waals surface area contributed by atoms with Gasteiger partial charge in [-0.15, -0.1) is 0 Å². The number of benzene rings is 1. The van der Waals surface area contributed by atoms with Crippen LogP contribution in [0.25, 0.3) is 0 Å². The standard InChI is InChI=1S/C13H9ClF3NO2/c1-19-10-6-11(14)18-12(7-10)20-9-4-2-3-8(5-9)13(15,16)17/h2-7H,1H3. The van der Waals surface area contributed by atoms with Crippen LogP contribution >= 0.6 is 11.6 Å². The second-order valence-electron chi connectivity index (χ2n) is 3.80. The van der Waals surface area contributed by atoms with E-state index in [1.807, 2.05) is 0 Å². The van der Waals surface area contributed by atoms with Crippen LogP contribution in [0.15, 0.2) is 36.4 Å². The average Bonchev–Trinajstić information content (AvgIpc) is 2.37. The molecule has 0 atom stereocenters. The maximum absolute atomic E-state index is 12.6. The molecular formula is C13H9ClF3NO2. The SMILES string of the molecule is COc1cc(Cl)nc(Oc2cccc(C(F)(F)F)c2)c1. The van der Waals surface area contributed by atoms with Gasteiger partial charge in [-0.05, 0) is 18.2 Å². The lowest BCUT2D eigenvalue weighted by molar-refractivity contribution is -0.137. The van der Waals surface area contributed by atoms with Gasteiger partial charge in [0.1, 0.15) is 16.7 Å². The van der Waals surface area contributed by atoms with E-state index in [0.717, 1.165) is 12.1 Å². The molecule has 3 nitrogen and oxygen atoms in total. The van der Waals surface area contributed by atoms with Crippen LogP contribution in [0, 0.1) is 0 Å². The minimum atomic E-state index is -4.43. The van der Waals surface area contributed by atoms with Crippen LogP contribution in [0.3, 0.4) is 0 Å². The fourth-order valence-electron chi connectivity index (χ4n) is 1.48. The van der Waals surface area contributed by atoms with E-state index >= 15 is 0 Å². The molecule has 7 heteroatoms. The first-order valence-electron chi connectivity index (χ1n) is 5.45. The number of ether oxygens (including phenoxy) is 2. The molecule has 0 bridgehead atoms. The molecule has 0 radical (unpaired) electrons. The molecule has 2 aromatic rings. The zero-order valence-electron chi connectivity index (χ0n) is 10.2. The first kappa shape index (κ1) is 14.5. The van der Waals surface area contributed by atoms with E-state index in [2.05, 4.69) is 4.98 Å².